The molecule has 7 heteroatoms. The summed E-state index contributed by atoms with van der Waals surface area (Å²) < 4.78 is 24.9. The van der Waals surface area contributed by atoms with Gasteiger partial charge in [0, 0.05) is 30.4 Å². The maximum atomic E-state index is 13.5. The number of carbonyl (C=O) groups is 1. The second kappa shape index (κ2) is 10.4. The Kier molecular flexibility index (Phi) is 7.11. The van der Waals surface area contributed by atoms with Gasteiger partial charge in [-0.25, -0.2) is 0 Å². The maximum absolute atomic E-state index is 13.5. The second-order valence-electron chi connectivity index (χ2n) is 12.7. The van der Waals surface area contributed by atoms with Crippen LogP contribution in [-0.2, 0) is 25.3 Å². The molecule has 0 spiro atoms. The van der Waals surface area contributed by atoms with E-state index in [-0.39, 0.29) is 30.8 Å². The van der Waals surface area contributed by atoms with Crippen molar-refractivity contribution in [1.82, 2.24) is 5.32 Å². The van der Waals surface area contributed by atoms with Crippen LogP contribution in [0.3, 0.4) is 0 Å². The van der Waals surface area contributed by atoms with Crippen LogP contribution in [0, 0.1) is 17.3 Å². The first-order chi connectivity index (χ1) is 18.8. The van der Waals surface area contributed by atoms with Gasteiger partial charge in [-0.15, -0.1) is 0 Å². The van der Waals surface area contributed by atoms with Gasteiger partial charge < -0.3 is 23.8 Å². The zero-order valence-corrected chi connectivity index (χ0v) is 23.5. The minimum Gasteiger partial charge on any atom is -0.464 e. The first-order valence-corrected chi connectivity index (χ1v) is 14.4. The highest BCUT2D eigenvalue weighted by Gasteiger charge is 2.59. The molecule has 2 bridgehead atoms. The molecule has 1 aromatic heterocycles. The number of rotatable bonds is 8. The Bertz CT molecular complexity index is 1310. The van der Waals surface area contributed by atoms with Gasteiger partial charge in [0.15, 0.2) is 6.10 Å². The Morgan fingerprint density at radius 2 is 1.85 bits per heavy atom. The summed E-state index contributed by atoms with van der Waals surface area (Å²) in [7, 11) is 1.20. The van der Waals surface area contributed by atoms with E-state index in [1.807, 2.05) is 48.5 Å². The predicted octanol–water partition coefficient (Wildman–Crippen LogP) is 6.36. The fourth-order valence-corrected chi connectivity index (χ4v) is 7.36. The summed E-state index contributed by atoms with van der Waals surface area (Å²) in [5, 5.41) is 4.35. The molecule has 0 radical (unpaired) electrons. The molecule has 1 aliphatic heterocycles. The third-order valence-electron chi connectivity index (χ3n) is 9.89. The molecular formula is C32H40BNO5. The molecule has 6 atom stereocenters. The smallest absolute Gasteiger partial charge is 0.459 e. The van der Waals surface area contributed by atoms with Crippen LogP contribution in [0.25, 0.3) is 11.0 Å². The van der Waals surface area contributed by atoms with Crippen molar-refractivity contribution in [2.24, 2.45) is 17.3 Å². The van der Waals surface area contributed by atoms with E-state index in [1.54, 1.807) is 13.4 Å². The van der Waals surface area contributed by atoms with Crippen LogP contribution < -0.4 is 5.32 Å². The lowest BCUT2D eigenvalue weighted by Gasteiger charge is -2.54. The molecule has 3 fully saturated rings. The van der Waals surface area contributed by atoms with Gasteiger partial charge in [-0.1, -0.05) is 62.4 Å². The molecular weight excluding hydrogens is 489 g/mol. The minimum atomic E-state index is -0.693. The molecule has 1 amide bonds. The van der Waals surface area contributed by atoms with E-state index in [0.717, 1.165) is 28.5 Å². The average molecular weight is 529 g/mol. The zero-order valence-electron chi connectivity index (χ0n) is 23.5. The highest BCUT2D eigenvalue weighted by atomic mass is 16.7. The molecule has 2 aliphatic carbocycles. The molecule has 39 heavy (non-hydrogen) atoms. The van der Waals surface area contributed by atoms with Crippen molar-refractivity contribution in [2.75, 3.05) is 7.11 Å². The van der Waals surface area contributed by atoms with Gasteiger partial charge in [-0.2, -0.15) is 0 Å². The molecule has 206 valence electrons. The second-order valence-corrected chi connectivity index (χ2v) is 12.7. The first kappa shape index (κ1) is 26.6. The number of carbonyl (C=O) groups excluding carboxylic acids is 1. The largest absolute Gasteiger partial charge is 0.464 e. The van der Waals surface area contributed by atoms with Crippen LogP contribution in [-0.4, -0.2) is 37.9 Å². The number of hydrogen-bond donors (Lipinski definition) is 1. The zero-order chi connectivity index (χ0) is 27.2. The normalized spacial score (nSPS) is 29.1. The predicted molar refractivity (Wildman–Crippen MR) is 152 cm³/mol. The number of methoxy groups -OCH3 is 1. The van der Waals surface area contributed by atoms with Gasteiger partial charge in [-0.05, 0) is 67.9 Å². The summed E-state index contributed by atoms with van der Waals surface area (Å²) in [5.41, 5.74) is 2.81. The standard InChI is InChI=1S/C32H40BNO5/c1-31(2)15-14-23-17-24(31)18-28-32(23,3)39-33(38-28)19-25(16-22-20-37-27-13-9-8-12-26(22)27)34-30(35)29(36-4)21-10-6-5-7-11-21/h5-13,20,23-25,28-29H,14-19H2,1-4H3,(H,34,35)/t23?,24-,25?,28?,29-,32-/m0/s1. The van der Waals surface area contributed by atoms with E-state index < -0.39 is 6.10 Å². The molecule has 2 aromatic carbocycles. The fraction of sp³-hybridized carbons (Fsp3) is 0.531. The number of fused-ring (bicyclic) bond motifs is 5. The maximum Gasteiger partial charge on any atom is 0.459 e. The van der Waals surface area contributed by atoms with Crippen LogP contribution >= 0.6 is 0 Å². The number of nitrogens with one attached hydrogen (secondary N) is 1. The van der Waals surface area contributed by atoms with Gasteiger partial charge in [-0.3, -0.25) is 4.79 Å². The third-order valence-corrected chi connectivity index (χ3v) is 9.89. The molecule has 3 aromatic rings. The number of hydrogen-bond acceptors (Lipinski definition) is 5. The molecule has 6 nitrogen and oxygen atoms in total. The monoisotopic (exact) mass is 529 g/mol. The van der Waals surface area contributed by atoms with Crippen molar-refractivity contribution in [3.8, 4) is 0 Å². The van der Waals surface area contributed by atoms with Crippen molar-refractivity contribution in [2.45, 2.75) is 83.0 Å². The van der Waals surface area contributed by atoms with Gasteiger partial charge in [0.05, 0.1) is 18.0 Å². The van der Waals surface area contributed by atoms with E-state index in [9.17, 15) is 4.79 Å². The summed E-state index contributed by atoms with van der Waals surface area (Å²) in [6.45, 7) is 7.07. The summed E-state index contributed by atoms with van der Waals surface area (Å²) in [6, 6.07) is 17.4. The van der Waals surface area contributed by atoms with Gasteiger partial charge in [0.2, 0.25) is 0 Å². The van der Waals surface area contributed by atoms with Crippen molar-refractivity contribution < 1.29 is 23.3 Å². The first-order valence-electron chi connectivity index (χ1n) is 14.4. The molecule has 1 saturated heterocycles. The summed E-state index contributed by atoms with van der Waals surface area (Å²) in [5.74, 6) is 1.01. The van der Waals surface area contributed by atoms with Crippen LogP contribution in [0.4, 0.5) is 0 Å². The Morgan fingerprint density at radius 3 is 2.64 bits per heavy atom. The van der Waals surface area contributed by atoms with Crippen molar-refractivity contribution >= 4 is 24.0 Å². The quantitative estimate of drug-likeness (QED) is 0.344. The van der Waals surface area contributed by atoms with Gasteiger partial charge in [0.1, 0.15) is 5.58 Å². The highest BCUT2D eigenvalue weighted by molar-refractivity contribution is 6.45. The molecule has 1 N–H and O–H groups in total. The third kappa shape index (κ3) is 5.05. The Labute approximate surface area is 231 Å². The Hall–Kier alpha value is -2.61. The topological polar surface area (TPSA) is 69.9 Å². The van der Waals surface area contributed by atoms with E-state index in [4.69, 9.17) is 18.5 Å². The van der Waals surface area contributed by atoms with Crippen LogP contribution in [0.15, 0.2) is 65.3 Å². The highest BCUT2D eigenvalue weighted by Crippen LogP contribution is 2.57. The Morgan fingerprint density at radius 1 is 1.08 bits per heavy atom. The number of benzene rings is 2. The van der Waals surface area contributed by atoms with E-state index >= 15 is 0 Å². The van der Waals surface area contributed by atoms with E-state index in [1.165, 1.54) is 19.3 Å². The summed E-state index contributed by atoms with van der Waals surface area (Å²) in [6.07, 6.45) is 7.04. The van der Waals surface area contributed by atoms with Gasteiger partial charge >= 0.3 is 7.12 Å². The van der Waals surface area contributed by atoms with E-state index in [0.29, 0.717) is 30.0 Å². The van der Waals surface area contributed by atoms with E-state index in [2.05, 4.69) is 32.2 Å². The molecule has 2 saturated carbocycles. The minimum absolute atomic E-state index is 0.0907. The van der Waals surface area contributed by atoms with Crippen LogP contribution in [0.2, 0.25) is 6.32 Å². The summed E-state index contributed by atoms with van der Waals surface area (Å²) in [4.78, 5) is 13.5. The molecule has 3 unspecified atom stereocenters. The lowest BCUT2D eigenvalue weighted by molar-refractivity contribution is -0.132. The molecule has 6 rings (SSSR count). The number of furan rings is 1. The Balaban J connectivity index is 1.23. The van der Waals surface area contributed by atoms with Crippen molar-refractivity contribution in [3.05, 3.63) is 72.0 Å². The van der Waals surface area contributed by atoms with Crippen LogP contribution in [0.1, 0.15) is 63.7 Å². The SMILES string of the molecule is CO[C@H](C(=O)NC(CB1OC2C[C@@H]3CC(CCC3(C)C)[C@]2(C)O1)Cc1coc2ccccc12)c1ccccc1. The molecule has 2 heterocycles. The number of para-hydroxylation sites is 1. The van der Waals surface area contributed by atoms with Crippen LogP contribution in [0.5, 0.6) is 0 Å². The average Bonchev–Trinajstić information content (AvgIpc) is 3.47. The van der Waals surface area contributed by atoms with Crippen molar-refractivity contribution in [1.29, 1.82) is 0 Å². The van der Waals surface area contributed by atoms with Gasteiger partial charge in [0.25, 0.3) is 5.91 Å². The number of ether oxygens (including phenoxy) is 1. The van der Waals surface area contributed by atoms with Crippen molar-refractivity contribution in [3.63, 3.8) is 0 Å². The molecule has 3 aliphatic rings. The fourth-order valence-electron chi connectivity index (χ4n) is 7.36. The lowest BCUT2D eigenvalue weighted by Crippen LogP contribution is -2.54. The lowest BCUT2D eigenvalue weighted by atomic mass is 9.55. The summed E-state index contributed by atoms with van der Waals surface area (Å²) >= 11 is 0. The number of amides is 1.